The molecule has 134 valence electrons. The van der Waals surface area contributed by atoms with Crippen LogP contribution in [-0.2, 0) is 27.2 Å². The molecule has 0 aliphatic carbocycles. The van der Waals surface area contributed by atoms with Crippen molar-refractivity contribution in [3.63, 3.8) is 0 Å². The molecule has 0 spiro atoms. The Morgan fingerprint density at radius 1 is 0.875 bits per heavy atom. The Morgan fingerprint density at radius 2 is 1.17 bits per heavy atom. The first-order valence-corrected chi connectivity index (χ1v) is 8.16. The summed E-state index contributed by atoms with van der Waals surface area (Å²) in [6, 6.07) is 20.0. The van der Waals surface area contributed by atoms with Crippen molar-refractivity contribution in [2.45, 2.75) is 53.9 Å². The minimum atomic E-state index is -0.443. The minimum Gasteiger partial charge on any atom is -0.668 e. The first kappa shape index (κ1) is 30.8. The molecule has 2 aromatic rings. The monoisotopic (exact) mass is 409 g/mol. The molecule has 2 aromatic carbocycles. The number of carbonyl (C=O) groups is 1. The van der Waals surface area contributed by atoms with Crippen molar-refractivity contribution >= 4 is 5.91 Å². The predicted molar refractivity (Wildman–Crippen MR) is 104 cm³/mol. The average Bonchev–Trinajstić information content (AvgIpc) is 3.23. The second-order valence-corrected chi connectivity index (χ2v) is 4.61. The third kappa shape index (κ3) is 49.7. The predicted octanol–water partition coefficient (Wildman–Crippen LogP) is 7.02. The zero-order valence-corrected chi connectivity index (χ0v) is 18.1. The van der Waals surface area contributed by atoms with Crippen molar-refractivity contribution in [3.8, 4) is 0 Å². The summed E-state index contributed by atoms with van der Waals surface area (Å²) in [5.74, 6) is -0.443. The van der Waals surface area contributed by atoms with Crippen LogP contribution in [0.5, 0.6) is 0 Å². The molecule has 0 saturated carbocycles. The van der Waals surface area contributed by atoms with Crippen LogP contribution in [0.4, 0.5) is 0 Å². The van der Waals surface area contributed by atoms with E-state index in [-0.39, 0.29) is 22.4 Å². The molecule has 1 amide bonds. The number of nitrogens with one attached hydrogen (secondary N) is 1. The van der Waals surface area contributed by atoms with Gasteiger partial charge in [0.05, 0.1) is 0 Å². The summed E-state index contributed by atoms with van der Waals surface area (Å²) >= 11 is 0. The molecule has 3 heteroatoms. The van der Waals surface area contributed by atoms with E-state index in [0.29, 0.717) is 6.42 Å². The second-order valence-electron chi connectivity index (χ2n) is 4.61. The Bertz CT molecular complexity index is 292. The van der Waals surface area contributed by atoms with Crippen LogP contribution in [0.2, 0.25) is 0 Å². The van der Waals surface area contributed by atoms with E-state index in [9.17, 15) is 4.79 Å². The van der Waals surface area contributed by atoms with Gasteiger partial charge in [0, 0.05) is 5.91 Å². The number of rotatable bonds is 3. The van der Waals surface area contributed by atoms with Crippen LogP contribution in [0.3, 0.4) is 0 Å². The molecular weight excluding hydrogens is 375 g/mol. The van der Waals surface area contributed by atoms with Crippen LogP contribution < -0.4 is 0 Å². The molecule has 0 aliphatic rings. The third-order valence-corrected chi connectivity index (χ3v) is 1.87. The quantitative estimate of drug-likeness (QED) is 0.396. The van der Waals surface area contributed by atoms with Crippen molar-refractivity contribution in [1.29, 1.82) is 0 Å². The largest absolute Gasteiger partial charge is 5.00 e. The molecule has 0 aliphatic heterocycles. The molecule has 2 nitrogen and oxygen atoms in total. The molecule has 0 unspecified atom stereocenters. The van der Waals surface area contributed by atoms with Crippen LogP contribution in [0, 0.1) is 12.8 Å². The first-order chi connectivity index (χ1) is 11.1. The van der Waals surface area contributed by atoms with Gasteiger partial charge in [-0.1, -0.05) is 13.3 Å². The Labute approximate surface area is 166 Å². The molecule has 0 saturated heterocycles. The molecule has 0 bridgehead atoms. The Kier molecular flexibility index (Phi) is 42.9. The van der Waals surface area contributed by atoms with E-state index in [2.05, 4.69) is 0 Å². The summed E-state index contributed by atoms with van der Waals surface area (Å²) < 4.78 is 0. The van der Waals surface area contributed by atoms with E-state index in [1.807, 2.05) is 108 Å². The maximum Gasteiger partial charge on any atom is 5.00 e. The normalized spacial score (nSPS) is 7.38. The molecule has 24 heavy (non-hydrogen) atoms. The van der Waals surface area contributed by atoms with Crippen molar-refractivity contribution in [3.05, 3.63) is 79.2 Å². The summed E-state index contributed by atoms with van der Waals surface area (Å²) in [7, 11) is 0. The fourth-order valence-electron chi connectivity index (χ4n) is 0.979. The van der Waals surface area contributed by atoms with Gasteiger partial charge in [0.2, 0.25) is 0 Å². The van der Waals surface area contributed by atoms with Crippen LogP contribution in [-0.4, -0.2) is 5.91 Å². The summed E-state index contributed by atoms with van der Waals surface area (Å²) in [6.07, 6.45) is 6.30. The number of amides is 1. The summed E-state index contributed by atoms with van der Waals surface area (Å²) in [6.45, 7) is 10.0. The molecule has 2 rings (SSSR count). The van der Waals surface area contributed by atoms with E-state index < -0.39 is 5.91 Å². The van der Waals surface area contributed by atoms with Gasteiger partial charge in [-0.05, 0) is 12.8 Å². The Balaban J connectivity index is -0.000000107. The first-order valence-electron chi connectivity index (χ1n) is 8.16. The minimum absolute atomic E-state index is 0. The SMILES string of the molecule is CCCCC([NH-])=O.C[CH-]C.C[CH-]C.[Nb+5].c1cc[cH-]c1.c1cc[cH-]c1. The third-order valence-electron chi connectivity index (χ3n) is 1.87. The van der Waals surface area contributed by atoms with Gasteiger partial charge in [0.15, 0.2) is 0 Å². The van der Waals surface area contributed by atoms with E-state index in [1.54, 1.807) is 0 Å². The zero-order valence-electron chi connectivity index (χ0n) is 15.9. The number of hydrogen-bond acceptors (Lipinski definition) is 1. The van der Waals surface area contributed by atoms with Gasteiger partial charge in [-0.15, -0.1) is 0 Å². The zero-order chi connectivity index (χ0) is 18.2. The second kappa shape index (κ2) is 33.5. The topological polar surface area (TPSA) is 40.9 Å². The van der Waals surface area contributed by atoms with Gasteiger partial charge < -0.3 is 23.4 Å². The van der Waals surface area contributed by atoms with Gasteiger partial charge in [0.25, 0.3) is 0 Å². The summed E-state index contributed by atoms with van der Waals surface area (Å²) in [5.41, 5.74) is 6.44. The molecule has 0 fully saturated rings. The molecular formula is C21H34NNbO. The van der Waals surface area contributed by atoms with Crippen molar-refractivity contribution in [2.24, 2.45) is 0 Å². The molecule has 0 atom stereocenters. The van der Waals surface area contributed by atoms with Crippen LogP contribution in [0.15, 0.2) is 60.7 Å². The van der Waals surface area contributed by atoms with Crippen LogP contribution >= 0.6 is 0 Å². The fraction of sp³-hybridized carbons (Fsp3) is 0.381. The van der Waals surface area contributed by atoms with Gasteiger partial charge in [-0.25, -0.2) is 24.3 Å². The fourth-order valence-corrected chi connectivity index (χ4v) is 0.979. The van der Waals surface area contributed by atoms with Crippen LogP contribution in [0.1, 0.15) is 53.9 Å². The average molecular weight is 409 g/mol. The van der Waals surface area contributed by atoms with Gasteiger partial charge in [-0.2, -0.15) is 64.1 Å². The van der Waals surface area contributed by atoms with Gasteiger partial charge >= 0.3 is 22.4 Å². The number of hydrogen-bond donors (Lipinski definition) is 0. The number of carbonyl (C=O) groups excluding carboxylic acids is 1. The Morgan fingerprint density at radius 3 is 1.25 bits per heavy atom. The standard InChI is InChI=1S/C5H11NO.2C5H5.2C3H7.Nb/c1-2-3-4-5(6)7;2*1-2-4-5-3-1;2*1-3-2;/h2-4H2,1H3,(H2,6,7);2*1-5H;2*3H,1-2H3;/q;4*-1;+5/p-1. The number of unbranched alkanes of at least 4 members (excludes halogenated alkanes) is 1. The summed E-state index contributed by atoms with van der Waals surface area (Å²) in [5, 5.41) is 0. The van der Waals surface area contributed by atoms with Crippen molar-refractivity contribution in [2.75, 3.05) is 0 Å². The smallest absolute Gasteiger partial charge is 0.668 e. The van der Waals surface area contributed by atoms with E-state index in [4.69, 9.17) is 5.73 Å². The van der Waals surface area contributed by atoms with Crippen molar-refractivity contribution in [1.82, 2.24) is 0 Å². The molecule has 0 heterocycles. The van der Waals surface area contributed by atoms with E-state index >= 15 is 0 Å². The molecule has 0 aromatic heterocycles. The van der Waals surface area contributed by atoms with E-state index in [0.717, 1.165) is 12.8 Å². The molecule has 0 radical (unpaired) electrons. The van der Waals surface area contributed by atoms with E-state index in [1.165, 1.54) is 0 Å². The Hall–Kier alpha value is -1.09. The molecule has 1 N–H and O–H groups in total. The van der Waals surface area contributed by atoms with Gasteiger partial charge in [0.1, 0.15) is 0 Å². The van der Waals surface area contributed by atoms with Crippen molar-refractivity contribution < 1.29 is 27.2 Å². The summed E-state index contributed by atoms with van der Waals surface area (Å²) in [4.78, 5) is 9.87. The van der Waals surface area contributed by atoms with Gasteiger partial charge in [-0.3, -0.25) is 0 Å². The maximum absolute atomic E-state index is 9.87. The van der Waals surface area contributed by atoms with Crippen LogP contribution in [0.25, 0.3) is 5.73 Å². The maximum atomic E-state index is 9.87.